The van der Waals surface area contributed by atoms with Crippen molar-refractivity contribution in [2.45, 2.75) is 51.4 Å². The number of hydrogen-bond donors (Lipinski definition) is 1. The summed E-state index contributed by atoms with van der Waals surface area (Å²) in [7, 11) is 1.64. The summed E-state index contributed by atoms with van der Waals surface area (Å²) in [5.41, 5.74) is 2.74. The largest absolute Gasteiger partial charge is 0.497 e. The molecule has 1 aromatic heterocycles. The first-order valence-electron chi connectivity index (χ1n) is 12.7. The van der Waals surface area contributed by atoms with E-state index in [4.69, 9.17) is 16.3 Å². The normalized spacial score (nSPS) is 15.8. The summed E-state index contributed by atoms with van der Waals surface area (Å²) in [6.45, 7) is 2.74. The third kappa shape index (κ3) is 6.74. The summed E-state index contributed by atoms with van der Waals surface area (Å²) in [5.74, 6) is -0.157. The van der Waals surface area contributed by atoms with Crippen LogP contribution >= 0.6 is 11.6 Å². The highest BCUT2D eigenvalue weighted by Crippen LogP contribution is 2.40. The molecule has 0 atom stereocenters. The van der Waals surface area contributed by atoms with Crippen molar-refractivity contribution in [1.29, 1.82) is 0 Å². The predicted octanol–water partition coefficient (Wildman–Crippen LogP) is 6.55. The van der Waals surface area contributed by atoms with Crippen LogP contribution in [0.3, 0.4) is 0 Å². The zero-order valence-electron chi connectivity index (χ0n) is 20.8. The van der Waals surface area contributed by atoms with Crippen molar-refractivity contribution in [1.82, 2.24) is 9.88 Å². The predicted molar refractivity (Wildman–Crippen MR) is 141 cm³/mol. The van der Waals surface area contributed by atoms with Gasteiger partial charge in [-0.25, -0.2) is 4.39 Å². The number of aliphatic carboxylic acids is 1. The highest BCUT2D eigenvalue weighted by atomic mass is 35.5. The van der Waals surface area contributed by atoms with Crippen molar-refractivity contribution < 1.29 is 19.0 Å². The lowest BCUT2D eigenvalue weighted by molar-refractivity contribution is -0.140. The van der Waals surface area contributed by atoms with Crippen LogP contribution < -0.4 is 4.74 Å². The molecule has 0 spiro atoms. The molecule has 1 aliphatic heterocycles. The molecular formula is C29H34ClFN2O3. The van der Waals surface area contributed by atoms with Gasteiger partial charge in [-0.15, -0.1) is 0 Å². The van der Waals surface area contributed by atoms with Gasteiger partial charge in [0, 0.05) is 11.6 Å². The minimum atomic E-state index is -0.730. The Kier molecular flexibility index (Phi) is 8.81. The molecule has 0 bridgehead atoms. The molecule has 192 valence electrons. The molecule has 4 rings (SSSR count). The molecule has 0 saturated carbocycles. The van der Waals surface area contributed by atoms with E-state index in [1.54, 1.807) is 25.4 Å². The van der Waals surface area contributed by atoms with Crippen LogP contribution in [0, 0.1) is 11.2 Å². The third-order valence-corrected chi connectivity index (χ3v) is 7.87. The fraction of sp³-hybridized carbons (Fsp3) is 0.448. The van der Waals surface area contributed by atoms with Gasteiger partial charge >= 0.3 is 5.97 Å². The lowest BCUT2D eigenvalue weighted by Gasteiger charge is -2.41. The molecule has 2 heterocycles. The summed E-state index contributed by atoms with van der Waals surface area (Å²) in [4.78, 5) is 18.6. The SMILES string of the molecule is COc1ccc2ncc(Cl)c(CCCC3(CC(=O)O)CCN(CCCc4cccc(F)c4)CC3)c2c1. The number of ether oxygens (including phenoxy) is 1. The minimum Gasteiger partial charge on any atom is -0.497 e. The highest BCUT2D eigenvalue weighted by molar-refractivity contribution is 6.32. The van der Waals surface area contributed by atoms with E-state index < -0.39 is 5.97 Å². The van der Waals surface area contributed by atoms with Gasteiger partial charge in [0.2, 0.25) is 0 Å². The summed E-state index contributed by atoms with van der Waals surface area (Å²) in [6.07, 6.45) is 7.93. The maximum absolute atomic E-state index is 13.4. The monoisotopic (exact) mass is 512 g/mol. The van der Waals surface area contributed by atoms with Gasteiger partial charge in [0.05, 0.1) is 24.1 Å². The number of fused-ring (bicyclic) bond motifs is 1. The molecule has 36 heavy (non-hydrogen) atoms. The number of piperidine rings is 1. The maximum atomic E-state index is 13.4. The highest BCUT2D eigenvalue weighted by Gasteiger charge is 2.36. The second-order valence-corrected chi connectivity index (χ2v) is 10.4. The molecule has 0 amide bonds. The van der Waals surface area contributed by atoms with Gasteiger partial charge in [-0.2, -0.15) is 0 Å². The van der Waals surface area contributed by atoms with Crippen LogP contribution in [-0.2, 0) is 17.6 Å². The van der Waals surface area contributed by atoms with Crippen molar-refractivity contribution in [2.24, 2.45) is 5.41 Å². The second kappa shape index (κ2) is 12.0. The quantitative estimate of drug-likeness (QED) is 0.315. The minimum absolute atomic E-state index is 0.191. The zero-order valence-corrected chi connectivity index (χ0v) is 21.6. The Balaban J connectivity index is 1.34. The lowest BCUT2D eigenvalue weighted by atomic mass is 9.72. The average molecular weight is 513 g/mol. The van der Waals surface area contributed by atoms with E-state index in [2.05, 4.69) is 9.88 Å². The number of carbonyl (C=O) groups is 1. The van der Waals surface area contributed by atoms with Gasteiger partial charge < -0.3 is 14.7 Å². The lowest BCUT2D eigenvalue weighted by Crippen LogP contribution is -2.41. The van der Waals surface area contributed by atoms with Gasteiger partial charge in [0.25, 0.3) is 0 Å². The van der Waals surface area contributed by atoms with E-state index in [0.29, 0.717) is 5.02 Å². The van der Waals surface area contributed by atoms with Crippen molar-refractivity contribution in [3.05, 3.63) is 70.6 Å². The number of benzene rings is 2. The number of methoxy groups -OCH3 is 1. The number of carboxylic acid groups (broad SMARTS) is 1. The van der Waals surface area contributed by atoms with Crippen molar-refractivity contribution in [3.63, 3.8) is 0 Å². The van der Waals surface area contributed by atoms with E-state index in [0.717, 1.165) is 92.4 Å². The van der Waals surface area contributed by atoms with E-state index in [1.807, 2.05) is 24.3 Å². The van der Waals surface area contributed by atoms with E-state index in [1.165, 1.54) is 6.07 Å². The Hall–Kier alpha value is -2.70. The van der Waals surface area contributed by atoms with Gasteiger partial charge in [0.15, 0.2) is 0 Å². The molecule has 7 heteroatoms. The first kappa shape index (κ1) is 26.4. The van der Waals surface area contributed by atoms with E-state index >= 15 is 0 Å². The molecule has 1 aliphatic rings. The Morgan fingerprint density at radius 2 is 1.97 bits per heavy atom. The number of pyridine rings is 1. The second-order valence-electron chi connectivity index (χ2n) is 9.97. The van der Waals surface area contributed by atoms with Gasteiger partial charge in [-0.1, -0.05) is 23.7 Å². The van der Waals surface area contributed by atoms with Gasteiger partial charge in [-0.3, -0.25) is 9.78 Å². The molecule has 0 unspecified atom stereocenters. The van der Waals surface area contributed by atoms with Crippen LogP contribution in [0.15, 0.2) is 48.7 Å². The molecule has 1 saturated heterocycles. The summed E-state index contributed by atoms with van der Waals surface area (Å²) in [5, 5.41) is 11.3. The average Bonchev–Trinajstić information content (AvgIpc) is 2.86. The molecule has 2 aromatic carbocycles. The fourth-order valence-corrected chi connectivity index (χ4v) is 5.75. The van der Waals surface area contributed by atoms with E-state index in [9.17, 15) is 14.3 Å². The summed E-state index contributed by atoms with van der Waals surface area (Å²) < 4.78 is 18.8. The Labute approximate surface area is 217 Å². The smallest absolute Gasteiger partial charge is 0.303 e. The van der Waals surface area contributed by atoms with Crippen LogP contribution in [0.4, 0.5) is 4.39 Å². The van der Waals surface area contributed by atoms with Gasteiger partial charge in [0.1, 0.15) is 11.6 Å². The van der Waals surface area contributed by atoms with Gasteiger partial charge in [-0.05, 0) is 111 Å². The molecule has 1 fully saturated rings. The number of nitrogens with zero attached hydrogens (tertiary/aromatic N) is 2. The topological polar surface area (TPSA) is 62.7 Å². The van der Waals surface area contributed by atoms with Crippen molar-refractivity contribution in [3.8, 4) is 5.75 Å². The Bertz CT molecular complexity index is 1190. The summed E-state index contributed by atoms with van der Waals surface area (Å²) >= 11 is 6.53. The molecule has 5 nitrogen and oxygen atoms in total. The first-order chi connectivity index (χ1) is 17.4. The van der Waals surface area contributed by atoms with E-state index in [-0.39, 0.29) is 17.7 Å². The zero-order chi connectivity index (χ0) is 25.5. The molecule has 3 aromatic rings. The van der Waals surface area contributed by atoms with Crippen LogP contribution in [0.1, 0.15) is 49.7 Å². The number of aromatic nitrogens is 1. The van der Waals surface area contributed by atoms with Crippen LogP contribution in [0.2, 0.25) is 5.02 Å². The Morgan fingerprint density at radius 1 is 1.17 bits per heavy atom. The van der Waals surface area contributed by atoms with Crippen LogP contribution in [0.25, 0.3) is 10.9 Å². The molecule has 0 aliphatic carbocycles. The number of aryl methyl sites for hydroxylation is 2. The number of hydrogen-bond acceptors (Lipinski definition) is 4. The fourth-order valence-electron chi connectivity index (χ4n) is 5.51. The van der Waals surface area contributed by atoms with Crippen LogP contribution in [0.5, 0.6) is 5.75 Å². The molecule has 0 radical (unpaired) electrons. The van der Waals surface area contributed by atoms with Crippen molar-refractivity contribution >= 4 is 28.5 Å². The van der Waals surface area contributed by atoms with Crippen LogP contribution in [-0.4, -0.2) is 47.7 Å². The first-order valence-corrected chi connectivity index (χ1v) is 13.0. The maximum Gasteiger partial charge on any atom is 0.303 e. The summed E-state index contributed by atoms with van der Waals surface area (Å²) in [6, 6.07) is 12.6. The number of likely N-dealkylation sites (tertiary alicyclic amines) is 1. The molecular weight excluding hydrogens is 479 g/mol. The standard InChI is InChI=1S/C29H34ClFN2O3/c1-36-23-9-10-27-25(18-23)24(26(30)20-32-27)8-3-11-29(19-28(34)35)12-15-33(16-13-29)14-4-6-21-5-2-7-22(31)17-21/h2,5,7,9-10,17-18,20H,3-4,6,8,11-16,19H2,1H3,(H,34,35). The third-order valence-electron chi connectivity index (χ3n) is 7.54. The number of carboxylic acids is 1. The Morgan fingerprint density at radius 3 is 2.69 bits per heavy atom. The molecule has 1 N–H and O–H groups in total. The number of halogens is 2. The number of rotatable bonds is 11. The van der Waals surface area contributed by atoms with Crippen molar-refractivity contribution in [2.75, 3.05) is 26.7 Å².